The van der Waals surface area contributed by atoms with E-state index < -0.39 is 5.97 Å². The summed E-state index contributed by atoms with van der Waals surface area (Å²) in [7, 11) is 1.54. The summed E-state index contributed by atoms with van der Waals surface area (Å²) in [5.41, 5.74) is 1.28. The molecular weight excluding hydrogens is 280 g/mol. The summed E-state index contributed by atoms with van der Waals surface area (Å²) in [5.74, 6) is -0.267. The third-order valence-corrected chi connectivity index (χ3v) is 3.09. The molecule has 2 aromatic carbocycles. The highest BCUT2D eigenvalue weighted by Gasteiger charge is 2.14. The number of benzene rings is 2. The van der Waals surface area contributed by atoms with E-state index in [1.165, 1.54) is 0 Å². The molecule has 0 amide bonds. The van der Waals surface area contributed by atoms with Gasteiger partial charge in [0.15, 0.2) is 12.4 Å². The molecule has 0 spiro atoms. The predicted octanol–water partition coefficient (Wildman–Crippen LogP) is 3.13. The normalized spacial score (nSPS) is 9.86. The Kier molecular flexibility index (Phi) is 5.09. The van der Waals surface area contributed by atoms with Crippen molar-refractivity contribution in [1.29, 1.82) is 0 Å². The van der Waals surface area contributed by atoms with E-state index >= 15 is 0 Å². The summed E-state index contributed by atoms with van der Waals surface area (Å²) in [6, 6.07) is 15.6. The summed E-state index contributed by atoms with van der Waals surface area (Å²) >= 11 is 0. The van der Waals surface area contributed by atoms with E-state index in [1.807, 2.05) is 6.07 Å². The Hall–Kier alpha value is -2.88. The number of carbonyl (C=O) groups excluding carboxylic acids is 2. The predicted molar refractivity (Wildman–Crippen MR) is 83.8 cm³/mol. The molecule has 0 aliphatic heterocycles. The summed E-state index contributed by atoms with van der Waals surface area (Å²) in [6.45, 7) is 3.40. The van der Waals surface area contributed by atoms with Crippen LogP contribution in [0.1, 0.15) is 15.9 Å². The average Bonchev–Trinajstić information content (AvgIpc) is 2.59. The van der Waals surface area contributed by atoms with Crippen LogP contribution in [0.2, 0.25) is 0 Å². The van der Waals surface area contributed by atoms with Crippen LogP contribution in [-0.4, -0.2) is 25.5 Å². The fraction of sp³-hybridized carbons (Fsp3) is 0.111. The first-order valence-corrected chi connectivity index (χ1v) is 6.70. The maximum absolute atomic E-state index is 12.0. The van der Waals surface area contributed by atoms with Crippen LogP contribution in [0, 0.1) is 0 Å². The van der Waals surface area contributed by atoms with Crippen LogP contribution < -0.4 is 4.74 Å². The molecule has 0 N–H and O–H groups in total. The molecule has 0 aromatic heterocycles. The summed E-state index contributed by atoms with van der Waals surface area (Å²) in [4.78, 5) is 23.8. The van der Waals surface area contributed by atoms with E-state index in [9.17, 15) is 9.59 Å². The Morgan fingerprint density at radius 1 is 1.00 bits per heavy atom. The molecule has 2 aromatic rings. The van der Waals surface area contributed by atoms with Gasteiger partial charge in [-0.2, -0.15) is 0 Å². The molecule has 0 aliphatic carbocycles. The molecule has 0 radical (unpaired) electrons. The molecule has 22 heavy (non-hydrogen) atoms. The zero-order chi connectivity index (χ0) is 15.9. The third-order valence-electron chi connectivity index (χ3n) is 3.09. The third kappa shape index (κ3) is 3.82. The van der Waals surface area contributed by atoms with Gasteiger partial charge < -0.3 is 9.47 Å². The fourth-order valence-electron chi connectivity index (χ4n) is 1.85. The van der Waals surface area contributed by atoms with Gasteiger partial charge in [0.25, 0.3) is 0 Å². The van der Waals surface area contributed by atoms with Gasteiger partial charge in [-0.1, -0.05) is 49.0 Å². The molecule has 2 rings (SSSR count). The Bertz CT molecular complexity index is 689. The summed E-state index contributed by atoms with van der Waals surface area (Å²) < 4.78 is 10.1. The van der Waals surface area contributed by atoms with Gasteiger partial charge >= 0.3 is 5.97 Å². The smallest absolute Gasteiger partial charge is 0.338 e. The van der Waals surface area contributed by atoms with Crippen molar-refractivity contribution in [3.8, 4) is 5.75 Å². The Labute approximate surface area is 129 Å². The molecule has 0 saturated carbocycles. The molecule has 0 heterocycles. The molecular formula is C18H16O4. The van der Waals surface area contributed by atoms with Crippen molar-refractivity contribution in [2.45, 2.75) is 0 Å². The van der Waals surface area contributed by atoms with Gasteiger partial charge in [0, 0.05) is 5.56 Å². The quantitative estimate of drug-likeness (QED) is 0.467. The molecule has 0 unspecified atom stereocenters. The maximum atomic E-state index is 12.0. The van der Waals surface area contributed by atoms with Gasteiger partial charge in [0.2, 0.25) is 0 Å². The lowest BCUT2D eigenvalue weighted by Gasteiger charge is -2.08. The minimum Gasteiger partial charge on any atom is -0.497 e. The largest absolute Gasteiger partial charge is 0.497 e. The lowest BCUT2D eigenvalue weighted by Crippen LogP contribution is -2.14. The van der Waals surface area contributed by atoms with E-state index in [0.29, 0.717) is 16.9 Å². The Morgan fingerprint density at radius 2 is 1.68 bits per heavy atom. The highest BCUT2D eigenvalue weighted by atomic mass is 16.5. The molecule has 4 nitrogen and oxygen atoms in total. The zero-order valence-corrected chi connectivity index (χ0v) is 12.2. The molecule has 0 aliphatic rings. The van der Waals surface area contributed by atoms with Gasteiger partial charge in [0.1, 0.15) is 5.75 Å². The van der Waals surface area contributed by atoms with E-state index in [2.05, 4.69) is 6.58 Å². The van der Waals surface area contributed by atoms with E-state index in [4.69, 9.17) is 9.47 Å². The lowest BCUT2D eigenvalue weighted by molar-refractivity contribution is -0.135. The number of rotatable bonds is 6. The highest BCUT2D eigenvalue weighted by Crippen LogP contribution is 2.19. The highest BCUT2D eigenvalue weighted by molar-refractivity contribution is 6.16. The average molecular weight is 296 g/mol. The van der Waals surface area contributed by atoms with Crippen molar-refractivity contribution in [3.05, 3.63) is 72.3 Å². The second-order valence-corrected chi connectivity index (χ2v) is 4.58. The van der Waals surface area contributed by atoms with Crippen LogP contribution in [-0.2, 0) is 9.53 Å². The molecule has 112 valence electrons. The van der Waals surface area contributed by atoms with Gasteiger partial charge in [-0.15, -0.1) is 0 Å². The first kappa shape index (κ1) is 15.5. The van der Waals surface area contributed by atoms with Crippen molar-refractivity contribution < 1.29 is 19.1 Å². The van der Waals surface area contributed by atoms with Gasteiger partial charge in [-0.3, -0.25) is 4.79 Å². The monoisotopic (exact) mass is 296 g/mol. The minimum absolute atomic E-state index is 0.180. The van der Waals surface area contributed by atoms with E-state index in [1.54, 1.807) is 55.6 Å². The number of Topliss-reactive ketones (excluding diaryl/α,β-unsaturated/α-hetero) is 1. The Balaban J connectivity index is 1.97. The van der Waals surface area contributed by atoms with Crippen molar-refractivity contribution in [2.75, 3.05) is 13.7 Å². The number of hydrogen-bond donors (Lipinski definition) is 0. The van der Waals surface area contributed by atoms with Crippen molar-refractivity contribution in [1.82, 2.24) is 0 Å². The minimum atomic E-state index is -0.627. The van der Waals surface area contributed by atoms with Gasteiger partial charge in [-0.05, 0) is 17.7 Å². The van der Waals surface area contributed by atoms with E-state index in [-0.39, 0.29) is 18.0 Å². The standard InChI is InChI=1S/C18H16O4/c1-13(15-9-6-10-16(11-15)21-2)18(20)22-12-17(19)14-7-4-3-5-8-14/h3-11H,1,12H2,2H3. The number of hydrogen-bond acceptors (Lipinski definition) is 4. The topological polar surface area (TPSA) is 52.6 Å². The lowest BCUT2D eigenvalue weighted by atomic mass is 10.1. The zero-order valence-electron chi connectivity index (χ0n) is 12.2. The number of carbonyl (C=O) groups is 2. The SMILES string of the molecule is C=C(C(=O)OCC(=O)c1ccccc1)c1cccc(OC)c1. The number of ketones is 1. The molecule has 4 heteroatoms. The van der Waals surface area contributed by atoms with E-state index in [0.717, 1.165) is 0 Å². The summed E-state index contributed by atoms with van der Waals surface area (Å²) in [6.07, 6.45) is 0. The molecule has 0 fully saturated rings. The van der Waals surface area contributed by atoms with Gasteiger partial charge in [0.05, 0.1) is 12.7 Å². The van der Waals surface area contributed by atoms with Crippen LogP contribution in [0.15, 0.2) is 61.2 Å². The first-order valence-electron chi connectivity index (χ1n) is 6.70. The van der Waals surface area contributed by atoms with Crippen LogP contribution in [0.3, 0.4) is 0 Å². The molecule has 0 saturated heterocycles. The second kappa shape index (κ2) is 7.22. The molecule has 0 atom stereocenters. The van der Waals surface area contributed by atoms with Crippen molar-refractivity contribution >= 4 is 17.3 Å². The van der Waals surface area contributed by atoms with Crippen LogP contribution in [0.25, 0.3) is 5.57 Å². The Morgan fingerprint density at radius 3 is 2.36 bits per heavy atom. The second-order valence-electron chi connectivity index (χ2n) is 4.58. The summed E-state index contributed by atoms with van der Waals surface area (Å²) in [5, 5.41) is 0. The van der Waals surface area contributed by atoms with Crippen molar-refractivity contribution in [2.24, 2.45) is 0 Å². The number of methoxy groups -OCH3 is 1. The number of ether oxygens (including phenoxy) is 2. The fourth-order valence-corrected chi connectivity index (χ4v) is 1.85. The first-order chi connectivity index (χ1) is 10.6. The van der Waals surface area contributed by atoms with Crippen LogP contribution >= 0.6 is 0 Å². The number of esters is 1. The maximum Gasteiger partial charge on any atom is 0.338 e. The van der Waals surface area contributed by atoms with Crippen LogP contribution in [0.4, 0.5) is 0 Å². The van der Waals surface area contributed by atoms with Crippen molar-refractivity contribution in [3.63, 3.8) is 0 Å². The van der Waals surface area contributed by atoms with Crippen LogP contribution in [0.5, 0.6) is 5.75 Å². The van der Waals surface area contributed by atoms with Gasteiger partial charge in [-0.25, -0.2) is 4.79 Å². The molecule has 0 bridgehead atoms.